The molecule has 1 fully saturated rings. The van der Waals surface area contributed by atoms with Crippen molar-refractivity contribution in [1.29, 1.82) is 5.26 Å². The molecule has 1 aromatic rings. The van der Waals surface area contributed by atoms with E-state index in [4.69, 9.17) is 11.0 Å². The van der Waals surface area contributed by atoms with Crippen LogP contribution in [0.4, 0.5) is 5.69 Å². The molecule has 0 aliphatic carbocycles. The lowest BCUT2D eigenvalue weighted by Crippen LogP contribution is -2.40. The molecule has 1 atom stereocenters. The number of hydrogen-bond acceptors (Lipinski definition) is 4. The Hall–Kier alpha value is -2.09. The average molecular weight is 216 g/mol. The number of nitriles is 1. The highest BCUT2D eigenvalue weighted by molar-refractivity contribution is 5.84. The van der Waals surface area contributed by atoms with Gasteiger partial charge in [0.05, 0.1) is 0 Å². The molecule has 0 bridgehead atoms. The predicted octanol–water partition coefficient (Wildman–Crippen LogP) is 0.407. The summed E-state index contributed by atoms with van der Waals surface area (Å²) in [7, 11) is 0. The number of carbonyl (C=O) groups is 1. The van der Waals surface area contributed by atoms with Crippen molar-refractivity contribution in [2.75, 3.05) is 11.4 Å². The number of pyridine rings is 1. The summed E-state index contributed by atoms with van der Waals surface area (Å²) in [6.07, 6.45) is 3.29. The number of anilines is 1. The van der Waals surface area contributed by atoms with Crippen LogP contribution in [0.3, 0.4) is 0 Å². The van der Waals surface area contributed by atoms with E-state index in [0.717, 1.165) is 25.1 Å². The molecule has 1 aliphatic heterocycles. The molecule has 1 amide bonds. The Bertz CT molecular complexity index is 452. The summed E-state index contributed by atoms with van der Waals surface area (Å²) in [4.78, 5) is 17.1. The highest BCUT2D eigenvalue weighted by Crippen LogP contribution is 2.25. The number of nitrogens with zero attached hydrogens (tertiary/aromatic N) is 3. The molecule has 2 heterocycles. The Morgan fingerprint density at radius 1 is 1.69 bits per heavy atom. The Balaban J connectivity index is 2.29. The minimum Gasteiger partial charge on any atom is -0.368 e. The molecule has 5 nitrogen and oxygen atoms in total. The molecule has 0 spiro atoms. The summed E-state index contributed by atoms with van der Waals surface area (Å²) in [5.74, 6) is -0.312. The zero-order chi connectivity index (χ0) is 11.5. The Labute approximate surface area is 93.5 Å². The van der Waals surface area contributed by atoms with E-state index in [1.54, 1.807) is 18.3 Å². The highest BCUT2D eigenvalue weighted by Gasteiger charge is 2.29. The predicted molar refractivity (Wildman–Crippen MR) is 58.5 cm³/mol. The standard InChI is InChI=1S/C11H12N4O/c12-7-8-6-9(3-4-14-8)15-5-1-2-10(15)11(13)16/h3-4,6,10H,1-2,5H2,(H2,13,16). The zero-order valence-corrected chi connectivity index (χ0v) is 8.76. The van der Waals surface area contributed by atoms with Crippen LogP contribution in [0.15, 0.2) is 18.3 Å². The van der Waals surface area contributed by atoms with Crippen molar-refractivity contribution in [2.45, 2.75) is 18.9 Å². The molecular weight excluding hydrogens is 204 g/mol. The van der Waals surface area contributed by atoms with Gasteiger partial charge in [0, 0.05) is 18.4 Å². The van der Waals surface area contributed by atoms with E-state index >= 15 is 0 Å². The molecule has 5 heteroatoms. The first-order valence-electron chi connectivity index (χ1n) is 5.14. The van der Waals surface area contributed by atoms with Crippen molar-refractivity contribution in [3.05, 3.63) is 24.0 Å². The lowest BCUT2D eigenvalue weighted by Gasteiger charge is -2.24. The van der Waals surface area contributed by atoms with E-state index in [1.165, 1.54) is 0 Å². The van der Waals surface area contributed by atoms with E-state index in [2.05, 4.69) is 4.98 Å². The van der Waals surface area contributed by atoms with Crippen LogP contribution < -0.4 is 10.6 Å². The molecular formula is C11H12N4O. The molecule has 2 N–H and O–H groups in total. The summed E-state index contributed by atoms with van der Waals surface area (Å²) in [6, 6.07) is 5.20. The summed E-state index contributed by atoms with van der Waals surface area (Å²) in [6.45, 7) is 0.794. The van der Waals surface area contributed by atoms with Gasteiger partial charge in [-0.1, -0.05) is 0 Å². The van der Waals surface area contributed by atoms with Crippen molar-refractivity contribution in [2.24, 2.45) is 5.73 Å². The fourth-order valence-corrected chi connectivity index (χ4v) is 2.03. The van der Waals surface area contributed by atoms with E-state index in [9.17, 15) is 4.79 Å². The number of hydrogen-bond donors (Lipinski definition) is 1. The fraction of sp³-hybridized carbons (Fsp3) is 0.364. The maximum absolute atomic E-state index is 11.2. The van der Waals surface area contributed by atoms with Crippen LogP contribution in [0.25, 0.3) is 0 Å². The molecule has 1 unspecified atom stereocenters. The lowest BCUT2D eigenvalue weighted by atomic mass is 10.2. The van der Waals surface area contributed by atoms with Crippen molar-refractivity contribution in [3.8, 4) is 6.07 Å². The fourth-order valence-electron chi connectivity index (χ4n) is 2.03. The molecule has 1 aliphatic rings. The van der Waals surface area contributed by atoms with Gasteiger partial charge in [0.15, 0.2) is 0 Å². The van der Waals surface area contributed by atoms with Gasteiger partial charge in [-0.2, -0.15) is 5.26 Å². The summed E-state index contributed by atoms with van der Waals surface area (Å²) in [5, 5.41) is 8.76. The largest absolute Gasteiger partial charge is 0.368 e. The maximum atomic E-state index is 11.2. The van der Waals surface area contributed by atoms with Crippen molar-refractivity contribution < 1.29 is 4.79 Å². The zero-order valence-electron chi connectivity index (χ0n) is 8.76. The van der Waals surface area contributed by atoms with Crippen LogP contribution in [-0.4, -0.2) is 23.5 Å². The van der Waals surface area contributed by atoms with Crippen LogP contribution in [-0.2, 0) is 4.79 Å². The Morgan fingerprint density at radius 2 is 2.50 bits per heavy atom. The van der Waals surface area contributed by atoms with Gasteiger partial charge in [-0.05, 0) is 25.0 Å². The third-order valence-corrected chi connectivity index (χ3v) is 2.77. The third kappa shape index (κ3) is 1.82. The molecule has 16 heavy (non-hydrogen) atoms. The van der Waals surface area contributed by atoms with E-state index in [1.807, 2.05) is 11.0 Å². The lowest BCUT2D eigenvalue weighted by molar-refractivity contribution is -0.119. The second kappa shape index (κ2) is 4.19. The highest BCUT2D eigenvalue weighted by atomic mass is 16.1. The van der Waals surface area contributed by atoms with Crippen LogP contribution in [0.5, 0.6) is 0 Å². The van der Waals surface area contributed by atoms with Gasteiger partial charge in [-0.25, -0.2) is 4.98 Å². The normalized spacial score (nSPS) is 19.4. The minimum atomic E-state index is -0.312. The van der Waals surface area contributed by atoms with Gasteiger partial charge < -0.3 is 10.6 Å². The topological polar surface area (TPSA) is 83.0 Å². The maximum Gasteiger partial charge on any atom is 0.240 e. The SMILES string of the molecule is N#Cc1cc(N2CCCC2C(N)=O)ccn1. The second-order valence-corrected chi connectivity index (χ2v) is 3.76. The van der Waals surface area contributed by atoms with Crippen LogP contribution in [0, 0.1) is 11.3 Å². The van der Waals surface area contributed by atoms with E-state index in [-0.39, 0.29) is 11.9 Å². The van der Waals surface area contributed by atoms with Gasteiger partial charge in [0.2, 0.25) is 5.91 Å². The first-order valence-corrected chi connectivity index (χ1v) is 5.14. The summed E-state index contributed by atoms with van der Waals surface area (Å²) < 4.78 is 0. The third-order valence-electron chi connectivity index (χ3n) is 2.77. The first kappa shape index (κ1) is 10.4. The molecule has 1 aromatic heterocycles. The summed E-state index contributed by atoms with van der Waals surface area (Å²) in [5.41, 5.74) is 6.53. The molecule has 0 radical (unpaired) electrons. The Morgan fingerprint density at radius 3 is 3.19 bits per heavy atom. The van der Waals surface area contributed by atoms with Gasteiger partial charge >= 0.3 is 0 Å². The number of nitrogens with two attached hydrogens (primary N) is 1. The van der Waals surface area contributed by atoms with Crippen LogP contribution >= 0.6 is 0 Å². The number of primary amides is 1. The number of aromatic nitrogens is 1. The molecule has 0 saturated carbocycles. The minimum absolute atomic E-state index is 0.256. The number of carbonyl (C=O) groups excluding carboxylic acids is 1. The van der Waals surface area contributed by atoms with Gasteiger partial charge in [-0.3, -0.25) is 4.79 Å². The van der Waals surface area contributed by atoms with Crippen molar-refractivity contribution in [3.63, 3.8) is 0 Å². The Kier molecular flexibility index (Phi) is 2.73. The van der Waals surface area contributed by atoms with Crippen LogP contribution in [0.2, 0.25) is 0 Å². The summed E-state index contributed by atoms with van der Waals surface area (Å²) >= 11 is 0. The van der Waals surface area contributed by atoms with Gasteiger partial charge in [-0.15, -0.1) is 0 Å². The monoisotopic (exact) mass is 216 g/mol. The first-order chi connectivity index (χ1) is 7.72. The smallest absolute Gasteiger partial charge is 0.240 e. The van der Waals surface area contributed by atoms with E-state index in [0.29, 0.717) is 5.69 Å². The van der Waals surface area contributed by atoms with Crippen molar-refractivity contribution >= 4 is 11.6 Å². The number of rotatable bonds is 2. The average Bonchev–Trinajstić information content (AvgIpc) is 2.78. The second-order valence-electron chi connectivity index (χ2n) is 3.76. The molecule has 82 valence electrons. The molecule has 1 saturated heterocycles. The van der Waals surface area contributed by atoms with Crippen LogP contribution in [0.1, 0.15) is 18.5 Å². The molecule has 0 aromatic carbocycles. The van der Waals surface area contributed by atoms with Gasteiger partial charge in [0.1, 0.15) is 17.8 Å². The van der Waals surface area contributed by atoms with Crippen molar-refractivity contribution in [1.82, 2.24) is 4.98 Å². The van der Waals surface area contributed by atoms with E-state index < -0.39 is 0 Å². The van der Waals surface area contributed by atoms with Gasteiger partial charge in [0.25, 0.3) is 0 Å². The molecule has 2 rings (SSSR count). The number of amides is 1. The quantitative estimate of drug-likeness (QED) is 0.776.